The van der Waals surface area contributed by atoms with Crippen molar-refractivity contribution in [3.63, 3.8) is 0 Å². The maximum absolute atomic E-state index is 10.9. The molecule has 0 saturated heterocycles. The van der Waals surface area contributed by atoms with Crippen LogP contribution in [-0.2, 0) is 0 Å². The Morgan fingerprint density at radius 3 is 2.57 bits per heavy atom. The number of anilines is 1. The van der Waals surface area contributed by atoms with E-state index in [-0.39, 0.29) is 18.3 Å². The number of nitrogens with zero attached hydrogens (tertiary/aromatic N) is 1. The lowest BCUT2D eigenvalue weighted by atomic mass is 10.1. The number of rotatable bonds is 5. The molecule has 0 aromatic heterocycles. The zero-order chi connectivity index (χ0) is 15.4. The summed E-state index contributed by atoms with van der Waals surface area (Å²) in [5.74, 6) is 0. The first-order valence-corrected chi connectivity index (χ1v) is 7.19. The van der Waals surface area contributed by atoms with Crippen LogP contribution in [0.5, 0.6) is 0 Å². The lowest BCUT2D eigenvalue weighted by Gasteiger charge is -2.19. The van der Waals surface area contributed by atoms with Gasteiger partial charge >= 0.3 is 0 Å². The maximum Gasteiger partial charge on any atom is 0.273 e. The molecule has 0 saturated carbocycles. The van der Waals surface area contributed by atoms with Crippen LogP contribution in [-0.4, -0.2) is 16.6 Å². The first kappa shape index (κ1) is 15.5. The molecular weight excluding hydrogens is 336 g/mol. The first-order chi connectivity index (χ1) is 10.0. The SMILES string of the molecule is Cc1cc(NC(CO)c2ccccc2)c(Br)cc1[N+](=O)[O-]. The van der Waals surface area contributed by atoms with E-state index in [2.05, 4.69) is 21.2 Å². The number of hydrogen-bond acceptors (Lipinski definition) is 4. The Kier molecular flexibility index (Phi) is 4.93. The van der Waals surface area contributed by atoms with E-state index in [1.54, 1.807) is 13.0 Å². The van der Waals surface area contributed by atoms with Gasteiger partial charge in [-0.3, -0.25) is 10.1 Å². The third kappa shape index (κ3) is 3.59. The minimum atomic E-state index is -0.412. The summed E-state index contributed by atoms with van der Waals surface area (Å²) in [4.78, 5) is 10.5. The first-order valence-electron chi connectivity index (χ1n) is 6.39. The quantitative estimate of drug-likeness (QED) is 0.634. The molecule has 0 aliphatic carbocycles. The number of halogens is 1. The number of benzene rings is 2. The topological polar surface area (TPSA) is 75.4 Å². The molecule has 0 spiro atoms. The third-order valence-corrected chi connectivity index (χ3v) is 3.85. The van der Waals surface area contributed by atoms with Gasteiger partial charge in [0.15, 0.2) is 0 Å². The van der Waals surface area contributed by atoms with Gasteiger partial charge in [0.1, 0.15) is 0 Å². The highest BCUT2D eigenvalue weighted by molar-refractivity contribution is 9.10. The standard InChI is InChI=1S/C15H15BrN2O3/c1-10-7-13(12(16)8-15(10)18(20)21)17-14(9-19)11-5-3-2-4-6-11/h2-8,14,17,19H,9H2,1H3. The molecule has 1 unspecified atom stereocenters. The smallest absolute Gasteiger partial charge is 0.273 e. The zero-order valence-electron chi connectivity index (χ0n) is 11.4. The lowest BCUT2D eigenvalue weighted by molar-refractivity contribution is -0.385. The average Bonchev–Trinajstić information content (AvgIpc) is 2.48. The van der Waals surface area contributed by atoms with Crippen molar-refractivity contribution < 1.29 is 10.0 Å². The molecule has 2 N–H and O–H groups in total. The van der Waals surface area contributed by atoms with Gasteiger partial charge in [0.05, 0.1) is 17.6 Å². The van der Waals surface area contributed by atoms with Crippen LogP contribution in [0.1, 0.15) is 17.2 Å². The predicted octanol–water partition coefficient (Wildman–Crippen LogP) is 3.81. The second-order valence-electron chi connectivity index (χ2n) is 4.67. The molecule has 6 heteroatoms. The van der Waals surface area contributed by atoms with Gasteiger partial charge in [-0.2, -0.15) is 0 Å². The largest absolute Gasteiger partial charge is 0.394 e. The Bertz CT molecular complexity index is 647. The highest BCUT2D eigenvalue weighted by Gasteiger charge is 2.17. The van der Waals surface area contributed by atoms with Gasteiger partial charge in [0.2, 0.25) is 0 Å². The van der Waals surface area contributed by atoms with Gasteiger partial charge in [0, 0.05) is 21.8 Å². The summed E-state index contributed by atoms with van der Waals surface area (Å²) in [6.45, 7) is 1.61. The van der Waals surface area contributed by atoms with E-state index in [4.69, 9.17) is 0 Å². The van der Waals surface area contributed by atoms with Crippen molar-refractivity contribution in [1.82, 2.24) is 0 Å². The van der Waals surface area contributed by atoms with Crippen LogP contribution in [0.2, 0.25) is 0 Å². The predicted molar refractivity (Wildman–Crippen MR) is 85.4 cm³/mol. The summed E-state index contributed by atoms with van der Waals surface area (Å²) in [6.07, 6.45) is 0. The second-order valence-corrected chi connectivity index (χ2v) is 5.52. The molecule has 21 heavy (non-hydrogen) atoms. The van der Waals surface area contributed by atoms with Crippen molar-refractivity contribution in [1.29, 1.82) is 0 Å². The molecule has 2 aromatic carbocycles. The van der Waals surface area contributed by atoms with Crippen LogP contribution in [0, 0.1) is 17.0 Å². The van der Waals surface area contributed by atoms with Gasteiger partial charge < -0.3 is 10.4 Å². The van der Waals surface area contributed by atoms with Crippen LogP contribution in [0.3, 0.4) is 0 Å². The molecule has 0 heterocycles. The number of aryl methyl sites for hydroxylation is 1. The normalized spacial score (nSPS) is 12.0. The van der Waals surface area contributed by atoms with Gasteiger partial charge in [-0.05, 0) is 34.5 Å². The minimum Gasteiger partial charge on any atom is -0.394 e. The van der Waals surface area contributed by atoms with Crippen molar-refractivity contribution in [3.8, 4) is 0 Å². The van der Waals surface area contributed by atoms with E-state index < -0.39 is 4.92 Å². The molecule has 110 valence electrons. The van der Waals surface area contributed by atoms with Crippen molar-refractivity contribution in [2.24, 2.45) is 0 Å². The Labute approximate surface area is 130 Å². The minimum absolute atomic E-state index is 0.0627. The monoisotopic (exact) mass is 350 g/mol. The summed E-state index contributed by atoms with van der Waals surface area (Å²) in [7, 11) is 0. The summed E-state index contributed by atoms with van der Waals surface area (Å²) < 4.78 is 0.592. The molecule has 0 bridgehead atoms. The number of nitro groups is 1. The fourth-order valence-corrected chi connectivity index (χ4v) is 2.53. The van der Waals surface area contributed by atoms with E-state index in [0.717, 1.165) is 5.56 Å². The highest BCUT2D eigenvalue weighted by Crippen LogP contribution is 2.32. The van der Waals surface area contributed by atoms with Gasteiger partial charge in [-0.15, -0.1) is 0 Å². The number of hydrogen-bond donors (Lipinski definition) is 2. The molecule has 2 aromatic rings. The third-order valence-electron chi connectivity index (χ3n) is 3.20. The molecular formula is C15H15BrN2O3. The zero-order valence-corrected chi connectivity index (χ0v) is 13.0. The van der Waals surface area contributed by atoms with Crippen LogP contribution >= 0.6 is 15.9 Å². The second kappa shape index (κ2) is 6.69. The Balaban J connectivity index is 2.30. The molecule has 5 nitrogen and oxygen atoms in total. The molecule has 2 rings (SSSR count). The molecule has 1 atom stereocenters. The van der Waals surface area contributed by atoms with Gasteiger partial charge in [-0.25, -0.2) is 0 Å². The Hall–Kier alpha value is -1.92. The van der Waals surface area contributed by atoms with E-state index in [0.29, 0.717) is 15.7 Å². The lowest BCUT2D eigenvalue weighted by Crippen LogP contribution is -2.15. The Morgan fingerprint density at radius 1 is 1.33 bits per heavy atom. The molecule has 0 fully saturated rings. The van der Waals surface area contributed by atoms with Crippen LogP contribution in [0.25, 0.3) is 0 Å². The van der Waals surface area contributed by atoms with E-state index >= 15 is 0 Å². The number of nitrogens with one attached hydrogen (secondary N) is 1. The molecule has 0 radical (unpaired) electrons. The number of nitro benzene ring substituents is 1. The highest BCUT2D eigenvalue weighted by atomic mass is 79.9. The van der Waals surface area contributed by atoms with E-state index in [1.807, 2.05) is 30.3 Å². The van der Waals surface area contributed by atoms with Crippen molar-refractivity contribution >= 4 is 27.3 Å². The van der Waals surface area contributed by atoms with E-state index in [9.17, 15) is 15.2 Å². The maximum atomic E-state index is 10.9. The van der Waals surface area contributed by atoms with Gasteiger partial charge in [-0.1, -0.05) is 30.3 Å². The molecule has 0 amide bonds. The van der Waals surface area contributed by atoms with Crippen molar-refractivity contribution in [2.45, 2.75) is 13.0 Å². The van der Waals surface area contributed by atoms with Crippen molar-refractivity contribution in [3.05, 3.63) is 68.2 Å². The van der Waals surface area contributed by atoms with E-state index in [1.165, 1.54) is 6.07 Å². The van der Waals surface area contributed by atoms with Crippen LogP contribution < -0.4 is 5.32 Å². The van der Waals surface area contributed by atoms with Crippen LogP contribution in [0.15, 0.2) is 46.9 Å². The summed E-state index contributed by atoms with van der Waals surface area (Å²) in [5, 5.41) is 23.7. The number of aliphatic hydroxyl groups is 1. The van der Waals surface area contributed by atoms with Crippen LogP contribution in [0.4, 0.5) is 11.4 Å². The average molecular weight is 351 g/mol. The fraction of sp³-hybridized carbons (Fsp3) is 0.200. The fourth-order valence-electron chi connectivity index (χ4n) is 2.09. The summed E-state index contributed by atoms with van der Waals surface area (Å²) in [6, 6.07) is 12.4. The van der Waals surface area contributed by atoms with Crippen molar-refractivity contribution in [2.75, 3.05) is 11.9 Å². The summed E-state index contributed by atoms with van der Waals surface area (Å²) >= 11 is 3.33. The molecule has 0 aliphatic rings. The summed E-state index contributed by atoms with van der Waals surface area (Å²) in [5.41, 5.74) is 2.28. The number of aliphatic hydroxyl groups excluding tert-OH is 1. The molecule has 0 aliphatic heterocycles. The Morgan fingerprint density at radius 2 is 2.00 bits per heavy atom. The van der Waals surface area contributed by atoms with Gasteiger partial charge in [0.25, 0.3) is 5.69 Å².